The van der Waals surface area contributed by atoms with Gasteiger partial charge < -0.3 is 20.1 Å². The van der Waals surface area contributed by atoms with Crippen molar-refractivity contribution in [3.8, 4) is 0 Å². The Morgan fingerprint density at radius 2 is 1.95 bits per heavy atom. The molecule has 0 aromatic rings. The van der Waals surface area contributed by atoms with E-state index in [4.69, 9.17) is 4.74 Å². The van der Waals surface area contributed by atoms with Crippen LogP contribution in [-0.4, -0.2) is 61.5 Å². The number of nitrogens with zero attached hydrogens (tertiary/aromatic N) is 1. The van der Waals surface area contributed by atoms with Crippen molar-refractivity contribution in [2.45, 2.75) is 51.2 Å². The molecule has 2 N–H and O–H groups in total. The number of rotatable bonds is 4. The van der Waals surface area contributed by atoms with Crippen LogP contribution in [0.1, 0.15) is 39.0 Å². The minimum atomic E-state index is -0.125. The molecule has 20 heavy (non-hydrogen) atoms. The minimum Gasteiger partial charge on any atom is -0.392 e. The molecule has 1 aliphatic carbocycles. The Hall–Kier alpha value is -0.160. The van der Waals surface area contributed by atoms with E-state index in [9.17, 15) is 5.11 Å². The molecule has 116 valence electrons. The molecule has 0 radical (unpaired) electrons. The molecule has 0 aromatic heterocycles. The fourth-order valence-electron chi connectivity index (χ4n) is 4.40. The molecular weight excluding hydrogens is 252 g/mol. The molecule has 0 bridgehead atoms. The van der Waals surface area contributed by atoms with Crippen molar-refractivity contribution in [2.24, 2.45) is 11.3 Å². The van der Waals surface area contributed by atoms with Gasteiger partial charge in [-0.2, -0.15) is 0 Å². The van der Waals surface area contributed by atoms with Crippen molar-refractivity contribution in [3.63, 3.8) is 0 Å². The maximum atomic E-state index is 10.2. The lowest BCUT2D eigenvalue weighted by atomic mass is 9.58. The predicted octanol–water partition coefficient (Wildman–Crippen LogP) is 1.24. The molecule has 4 nitrogen and oxygen atoms in total. The molecule has 3 fully saturated rings. The third kappa shape index (κ3) is 2.76. The van der Waals surface area contributed by atoms with Crippen molar-refractivity contribution in [1.82, 2.24) is 10.2 Å². The van der Waals surface area contributed by atoms with E-state index in [0.717, 1.165) is 44.9 Å². The number of hydrogen-bond donors (Lipinski definition) is 2. The third-order valence-electron chi connectivity index (χ3n) is 5.87. The number of ether oxygens (including phenoxy) is 1. The quantitative estimate of drug-likeness (QED) is 0.814. The smallest absolute Gasteiger partial charge is 0.0681 e. The van der Waals surface area contributed by atoms with E-state index in [1.54, 1.807) is 0 Å². The number of hydrogen-bond acceptors (Lipinski definition) is 4. The molecule has 2 atom stereocenters. The van der Waals surface area contributed by atoms with E-state index < -0.39 is 0 Å². The molecule has 0 aromatic carbocycles. The molecule has 2 heterocycles. The first-order valence-electron chi connectivity index (χ1n) is 8.47. The van der Waals surface area contributed by atoms with Crippen LogP contribution in [-0.2, 0) is 4.74 Å². The van der Waals surface area contributed by atoms with Crippen molar-refractivity contribution >= 4 is 0 Å². The van der Waals surface area contributed by atoms with Gasteiger partial charge in [-0.25, -0.2) is 0 Å². The first-order valence-corrected chi connectivity index (χ1v) is 8.47. The number of aliphatic hydroxyl groups is 1. The lowest BCUT2D eigenvalue weighted by Gasteiger charge is -2.56. The minimum absolute atomic E-state index is 0.0840. The summed E-state index contributed by atoms with van der Waals surface area (Å²) >= 11 is 0. The van der Waals surface area contributed by atoms with Crippen molar-refractivity contribution in [1.29, 1.82) is 0 Å². The third-order valence-corrected chi connectivity index (χ3v) is 5.87. The average Bonchev–Trinajstić information content (AvgIpc) is 2.49. The number of aliphatic hydroxyl groups excluding tert-OH is 1. The van der Waals surface area contributed by atoms with Gasteiger partial charge in [0.15, 0.2) is 0 Å². The SMILES string of the molecule is CCOC1CC(O)C12CCN(CC1CCNCC1)CC2. The first-order chi connectivity index (χ1) is 9.74. The Morgan fingerprint density at radius 3 is 2.55 bits per heavy atom. The number of nitrogens with one attached hydrogen (secondary N) is 1. The summed E-state index contributed by atoms with van der Waals surface area (Å²) in [6.07, 6.45) is 5.91. The zero-order valence-electron chi connectivity index (χ0n) is 12.8. The molecule has 1 saturated carbocycles. The van der Waals surface area contributed by atoms with E-state index >= 15 is 0 Å². The second-order valence-electron chi connectivity index (χ2n) is 6.92. The molecular formula is C16H30N2O2. The van der Waals surface area contributed by atoms with Gasteiger partial charge in [-0.1, -0.05) is 0 Å². The summed E-state index contributed by atoms with van der Waals surface area (Å²) in [5.74, 6) is 0.874. The maximum absolute atomic E-state index is 10.2. The van der Waals surface area contributed by atoms with Crippen LogP contribution in [0.15, 0.2) is 0 Å². The molecule has 3 aliphatic rings. The zero-order chi connectivity index (χ0) is 14.0. The summed E-state index contributed by atoms with van der Waals surface area (Å²) in [4.78, 5) is 2.62. The topological polar surface area (TPSA) is 44.7 Å². The van der Waals surface area contributed by atoms with Crippen LogP contribution in [0, 0.1) is 11.3 Å². The van der Waals surface area contributed by atoms with E-state index in [-0.39, 0.29) is 11.5 Å². The van der Waals surface area contributed by atoms with Crippen LogP contribution in [0.2, 0.25) is 0 Å². The Bertz CT molecular complexity index is 308. The molecule has 0 amide bonds. The maximum Gasteiger partial charge on any atom is 0.0681 e. The van der Waals surface area contributed by atoms with Gasteiger partial charge in [-0.3, -0.25) is 0 Å². The summed E-state index contributed by atoms with van der Waals surface area (Å²) in [6.45, 7) is 8.76. The lowest BCUT2D eigenvalue weighted by Crippen LogP contribution is -2.62. The van der Waals surface area contributed by atoms with Crippen molar-refractivity contribution in [3.05, 3.63) is 0 Å². The monoisotopic (exact) mass is 282 g/mol. The standard InChI is InChI=1S/C16H30N2O2/c1-2-20-15-11-14(19)16(15)5-9-18(10-6-16)12-13-3-7-17-8-4-13/h13-15,17,19H,2-12H2,1H3. The van der Waals surface area contributed by atoms with Crippen LogP contribution in [0.4, 0.5) is 0 Å². The van der Waals surface area contributed by atoms with Gasteiger partial charge in [0.05, 0.1) is 12.2 Å². The van der Waals surface area contributed by atoms with Crippen molar-refractivity contribution < 1.29 is 9.84 Å². The van der Waals surface area contributed by atoms with Crippen LogP contribution >= 0.6 is 0 Å². The van der Waals surface area contributed by atoms with Gasteiger partial charge in [0, 0.05) is 25.0 Å². The lowest BCUT2D eigenvalue weighted by molar-refractivity contribution is -0.209. The zero-order valence-corrected chi connectivity index (χ0v) is 12.8. The number of likely N-dealkylation sites (tertiary alicyclic amines) is 1. The highest BCUT2D eigenvalue weighted by Gasteiger charge is 2.55. The molecule has 1 spiro atoms. The second-order valence-corrected chi connectivity index (χ2v) is 6.92. The van der Waals surface area contributed by atoms with Gasteiger partial charge in [0.25, 0.3) is 0 Å². The predicted molar refractivity (Wildman–Crippen MR) is 79.7 cm³/mol. The van der Waals surface area contributed by atoms with E-state index in [1.807, 2.05) is 0 Å². The fourth-order valence-corrected chi connectivity index (χ4v) is 4.40. The Balaban J connectivity index is 1.48. The largest absolute Gasteiger partial charge is 0.392 e. The molecule has 4 heteroatoms. The van der Waals surface area contributed by atoms with E-state index in [2.05, 4.69) is 17.1 Å². The Labute approximate surface area is 122 Å². The average molecular weight is 282 g/mol. The summed E-state index contributed by atoms with van der Waals surface area (Å²) in [5, 5.41) is 13.7. The molecule has 2 saturated heterocycles. The summed E-state index contributed by atoms with van der Waals surface area (Å²) < 4.78 is 5.84. The Morgan fingerprint density at radius 1 is 1.25 bits per heavy atom. The van der Waals surface area contributed by atoms with Gasteiger partial charge in [-0.15, -0.1) is 0 Å². The van der Waals surface area contributed by atoms with Crippen LogP contribution in [0.5, 0.6) is 0 Å². The van der Waals surface area contributed by atoms with Gasteiger partial charge in [0.2, 0.25) is 0 Å². The van der Waals surface area contributed by atoms with E-state index in [1.165, 1.54) is 32.5 Å². The molecule has 3 rings (SSSR count). The molecule has 2 aliphatic heterocycles. The molecule has 2 unspecified atom stereocenters. The van der Waals surface area contributed by atoms with Gasteiger partial charge >= 0.3 is 0 Å². The van der Waals surface area contributed by atoms with Crippen LogP contribution in [0.3, 0.4) is 0 Å². The van der Waals surface area contributed by atoms with Crippen molar-refractivity contribution in [2.75, 3.05) is 39.3 Å². The normalized spacial score (nSPS) is 35.1. The highest BCUT2D eigenvalue weighted by atomic mass is 16.5. The summed E-state index contributed by atoms with van der Waals surface area (Å²) in [7, 11) is 0. The van der Waals surface area contributed by atoms with Crippen LogP contribution < -0.4 is 5.32 Å². The van der Waals surface area contributed by atoms with Gasteiger partial charge in [0.1, 0.15) is 0 Å². The van der Waals surface area contributed by atoms with Gasteiger partial charge in [-0.05, 0) is 64.7 Å². The Kier molecular flexibility index (Phi) is 4.65. The van der Waals surface area contributed by atoms with E-state index in [0.29, 0.717) is 6.10 Å². The summed E-state index contributed by atoms with van der Waals surface area (Å²) in [6, 6.07) is 0. The first kappa shape index (κ1) is 14.8. The highest BCUT2D eigenvalue weighted by molar-refractivity contribution is 5.06. The summed E-state index contributed by atoms with van der Waals surface area (Å²) in [5.41, 5.74) is 0.0840. The number of piperidine rings is 2. The fraction of sp³-hybridized carbons (Fsp3) is 1.00. The second kappa shape index (κ2) is 6.30. The van der Waals surface area contributed by atoms with Crippen LogP contribution in [0.25, 0.3) is 0 Å². The highest BCUT2D eigenvalue weighted by Crippen LogP contribution is 2.51.